The number of amides is 1. The number of pyridine rings is 1. The Morgan fingerprint density at radius 2 is 2.00 bits per heavy atom. The van der Waals surface area contributed by atoms with E-state index in [2.05, 4.69) is 5.32 Å². The maximum absolute atomic E-state index is 12.9. The van der Waals surface area contributed by atoms with Crippen LogP contribution in [0, 0.1) is 0 Å². The average Bonchev–Trinajstić information content (AvgIpc) is 3.60. The fraction of sp³-hybridized carbons (Fsp3) is 0.417. The van der Waals surface area contributed by atoms with E-state index in [1.165, 1.54) is 10.6 Å². The number of aromatic nitrogens is 1. The number of benzene rings is 1. The summed E-state index contributed by atoms with van der Waals surface area (Å²) in [6, 6.07) is 9.11. The first-order chi connectivity index (χ1) is 16.3. The quantitative estimate of drug-likeness (QED) is 0.413. The minimum Gasteiger partial charge on any atom is -0.497 e. The summed E-state index contributed by atoms with van der Waals surface area (Å²) in [6.07, 6.45) is 5.82. The van der Waals surface area contributed by atoms with Crippen molar-refractivity contribution in [2.45, 2.75) is 25.2 Å². The fourth-order valence-electron chi connectivity index (χ4n) is 4.00. The summed E-state index contributed by atoms with van der Waals surface area (Å²) in [5.74, 6) is 2.24. The molecule has 2 aromatic heterocycles. The Bertz CT molecular complexity index is 1300. The SMILES string of the molecule is CNC(=O)c1c(-c2ccc(OC)cc2)oc2nc(N(CCCSC)S(C)(=O)=O)c(C3CC3)cc12. The Labute approximate surface area is 204 Å². The predicted molar refractivity (Wildman–Crippen MR) is 137 cm³/mol. The Morgan fingerprint density at radius 1 is 1.29 bits per heavy atom. The first-order valence-electron chi connectivity index (χ1n) is 11.1. The van der Waals surface area contributed by atoms with Gasteiger partial charge in [0, 0.05) is 19.2 Å². The van der Waals surface area contributed by atoms with Crippen molar-refractivity contribution < 1.29 is 22.4 Å². The topological polar surface area (TPSA) is 102 Å². The van der Waals surface area contributed by atoms with Crippen molar-refractivity contribution in [3.05, 3.63) is 41.5 Å². The number of hydrogen-bond acceptors (Lipinski definition) is 7. The highest BCUT2D eigenvalue weighted by Crippen LogP contribution is 2.46. The molecule has 0 saturated heterocycles. The lowest BCUT2D eigenvalue weighted by molar-refractivity contribution is 0.0964. The molecule has 1 saturated carbocycles. The van der Waals surface area contributed by atoms with Gasteiger partial charge in [-0.1, -0.05) is 0 Å². The van der Waals surface area contributed by atoms with Crippen molar-refractivity contribution in [2.24, 2.45) is 0 Å². The third kappa shape index (κ3) is 4.88. The third-order valence-electron chi connectivity index (χ3n) is 5.86. The van der Waals surface area contributed by atoms with Crippen LogP contribution in [0.4, 0.5) is 5.82 Å². The molecule has 182 valence electrons. The van der Waals surface area contributed by atoms with E-state index in [0.29, 0.717) is 46.8 Å². The van der Waals surface area contributed by atoms with Crippen LogP contribution in [0.1, 0.15) is 41.1 Å². The van der Waals surface area contributed by atoms with Crippen LogP contribution < -0.4 is 14.4 Å². The Balaban J connectivity index is 1.92. The van der Waals surface area contributed by atoms with Crippen molar-refractivity contribution in [1.82, 2.24) is 10.3 Å². The number of thioether (sulfide) groups is 1. The maximum atomic E-state index is 12.9. The van der Waals surface area contributed by atoms with Gasteiger partial charge in [0.15, 0.2) is 0 Å². The summed E-state index contributed by atoms with van der Waals surface area (Å²) in [7, 11) is -0.397. The largest absolute Gasteiger partial charge is 0.497 e. The van der Waals surface area contributed by atoms with E-state index in [1.54, 1.807) is 38.1 Å². The zero-order valence-electron chi connectivity index (χ0n) is 19.8. The summed E-state index contributed by atoms with van der Waals surface area (Å²) < 4.78 is 38.2. The number of carbonyl (C=O) groups is 1. The van der Waals surface area contributed by atoms with Gasteiger partial charge in [0.1, 0.15) is 17.3 Å². The van der Waals surface area contributed by atoms with E-state index in [4.69, 9.17) is 14.1 Å². The molecule has 1 N–H and O–H groups in total. The van der Waals surface area contributed by atoms with Gasteiger partial charge in [-0.15, -0.1) is 0 Å². The number of nitrogens with zero attached hydrogens (tertiary/aromatic N) is 2. The van der Waals surface area contributed by atoms with Gasteiger partial charge in [-0.2, -0.15) is 16.7 Å². The van der Waals surface area contributed by atoms with Gasteiger partial charge in [0.2, 0.25) is 15.7 Å². The van der Waals surface area contributed by atoms with E-state index < -0.39 is 10.0 Å². The molecular weight excluding hydrogens is 474 g/mol. The number of furan rings is 1. The third-order valence-corrected chi connectivity index (χ3v) is 7.71. The molecule has 1 amide bonds. The number of rotatable bonds is 10. The van der Waals surface area contributed by atoms with Gasteiger partial charge < -0.3 is 14.5 Å². The number of fused-ring (bicyclic) bond motifs is 1. The standard InChI is InChI=1S/C24H29N3O5S2/c1-25-23(28)20-19-14-18(15-6-7-15)22(27(34(4,29)30)12-5-13-33-3)26-24(19)32-21(20)16-8-10-17(31-2)11-9-16/h8-11,14-15H,5-7,12-13H2,1-4H3,(H,25,28). The van der Waals surface area contributed by atoms with Crippen LogP contribution in [0.5, 0.6) is 5.75 Å². The summed E-state index contributed by atoms with van der Waals surface area (Å²) in [5, 5.41) is 3.27. The highest BCUT2D eigenvalue weighted by Gasteiger charge is 2.34. The molecule has 1 aromatic carbocycles. The molecule has 3 aromatic rings. The summed E-state index contributed by atoms with van der Waals surface area (Å²) in [5.41, 5.74) is 2.17. The molecule has 0 radical (unpaired) electrons. The molecule has 8 nitrogen and oxygen atoms in total. The lowest BCUT2D eigenvalue weighted by Crippen LogP contribution is -2.32. The molecular formula is C24H29N3O5S2. The highest BCUT2D eigenvalue weighted by atomic mass is 32.2. The zero-order valence-corrected chi connectivity index (χ0v) is 21.4. The van der Waals surface area contributed by atoms with Gasteiger partial charge in [-0.25, -0.2) is 8.42 Å². The lowest BCUT2D eigenvalue weighted by Gasteiger charge is -2.23. The van der Waals surface area contributed by atoms with Crippen molar-refractivity contribution in [3.63, 3.8) is 0 Å². The number of anilines is 1. The van der Waals surface area contributed by atoms with Crippen molar-refractivity contribution in [2.75, 3.05) is 43.3 Å². The fourth-order valence-corrected chi connectivity index (χ4v) is 5.34. The molecule has 0 bridgehead atoms. The minimum atomic E-state index is -3.55. The second-order valence-corrected chi connectivity index (χ2v) is 11.2. The van der Waals surface area contributed by atoms with E-state index >= 15 is 0 Å². The number of methoxy groups -OCH3 is 1. The Kier molecular flexibility index (Phi) is 7.09. The number of ether oxygens (including phenoxy) is 1. The zero-order chi connectivity index (χ0) is 24.5. The molecule has 0 unspecified atom stereocenters. The van der Waals surface area contributed by atoms with Crippen LogP contribution in [0.25, 0.3) is 22.4 Å². The van der Waals surface area contributed by atoms with Gasteiger partial charge in [0.05, 0.1) is 24.3 Å². The molecule has 1 aliphatic carbocycles. The number of carbonyl (C=O) groups excluding carboxylic acids is 1. The van der Waals surface area contributed by atoms with Crippen LogP contribution in [-0.4, -0.2) is 58.3 Å². The Hall–Kier alpha value is -2.72. The predicted octanol–water partition coefficient (Wildman–Crippen LogP) is 4.26. The number of hydrogen-bond donors (Lipinski definition) is 1. The summed E-state index contributed by atoms with van der Waals surface area (Å²) >= 11 is 1.67. The van der Waals surface area contributed by atoms with Crippen LogP contribution in [0.3, 0.4) is 0 Å². The van der Waals surface area contributed by atoms with Crippen LogP contribution >= 0.6 is 11.8 Å². The van der Waals surface area contributed by atoms with Crippen molar-refractivity contribution in [3.8, 4) is 17.1 Å². The molecule has 34 heavy (non-hydrogen) atoms. The Morgan fingerprint density at radius 3 is 2.56 bits per heavy atom. The van der Waals surface area contributed by atoms with Gasteiger partial charge >= 0.3 is 0 Å². The van der Waals surface area contributed by atoms with Gasteiger partial charge in [0.25, 0.3) is 5.91 Å². The molecule has 0 atom stereocenters. The number of nitrogens with one attached hydrogen (secondary N) is 1. The molecule has 4 rings (SSSR count). The molecule has 0 spiro atoms. The van der Waals surface area contributed by atoms with E-state index in [9.17, 15) is 13.2 Å². The molecule has 10 heteroatoms. The highest BCUT2D eigenvalue weighted by molar-refractivity contribution is 7.98. The van der Waals surface area contributed by atoms with Gasteiger partial charge in [-0.3, -0.25) is 9.10 Å². The molecule has 0 aliphatic heterocycles. The second kappa shape index (κ2) is 9.87. The number of sulfonamides is 1. The van der Waals surface area contributed by atoms with Crippen LogP contribution in [-0.2, 0) is 10.0 Å². The minimum absolute atomic E-state index is 0.216. The lowest BCUT2D eigenvalue weighted by atomic mass is 10.0. The van der Waals surface area contributed by atoms with E-state index in [0.717, 1.165) is 24.2 Å². The van der Waals surface area contributed by atoms with Gasteiger partial charge in [-0.05, 0) is 73.1 Å². The normalized spacial score (nSPS) is 13.8. The van der Waals surface area contributed by atoms with Crippen LogP contribution in [0.2, 0.25) is 0 Å². The van der Waals surface area contributed by atoms with Crippen molar-refractivity contribution in [1.29, 1.82) is 0 Å². The second-order valence-electron chi connectivity index (χ2n) is 8.32. The maximum Gasteiger partial charge on any atom is 0.255 e. The van der Waals surface area contributed by atoms with E-state index in [1.807, 2.05) is 24.5 Å². The van der Waals surface area contributed by atoms with E-state index in [-0.39, 0.29) is 17.5 Å². The molecule has 2 heterocycles. The molecule has 1 aliphatic rings. The smallest absolute Gasteiger partial charge is 0.255 e. The van der Waals surface area contributed by atoms with Crippen molar-refractivity contribution >= 4 is 44.6 Å². The molecule has 1 fully saturated rings. The first kappa shape index (κ1) is 24.4. The summed E-state index contributed by atoms with van der Waals surface area (Å²) in [4.78, 5) is 17.6. The summed E-state index contributed by atoms with van der Waals surface area (Å²) in [6.45, 7) is 0.340. The van der Waals surface area contributed by atoms with Crippen LogP contribution in [0.15, 0.2) is 34.7 Å². The monoisotopic (exact) mass is 503 g/mol. The first-order valence-corrected chi connectivity index (χ1v) is 14.3. The average molecular weight is 504 g/mol.